The number of benzene rings is 1. The summed E-state index contributed by atoms with van der Waals surface area (Å²) in [5, 5.41) is 9.36. The normalized spacial score (nSPS) is 23.3. The lowest BCUT2D eigenvalue weighted by Crippen LogP contribution is -2.50. The highest BCUT2D eigenvalue weighted by molar-refractivity contribution is 5.13. The van der Waals surface area contributed by atoms with Crippen LogP contribution in [0.15, 0.2) is 30.3 Å². The Morgan fingerprint density at radius 1 is 1.24 bits per heavy atom. The minimum absolute atomic E-state index is 0.0523. The van der Waals surface area contributed by atoms with Crippen molar-refractivity contribution in [1.29, 1.82) is 0 Å². The van der Waals surface area contributed by atoms with Crippen LogP contribution < -0.4 is 0 Å². The number of morpholine rings is 1. The van der Waals surface area contributed by atoms with Crippen LogP contribution in [0.1, 0.15) is 25.3 Å². The Hall–Kier alpha value is -0.940. The van der Waals surface area contributed by atoms with Gasteiger partial charge in [0.25, 0.3) is 0 Å². The molecular formula is C17H27NO3. The largest absolute Gasteiger partial charge is 0.394 e. The zero-order chi connectivity index (χ0) is 14.9. The summed E-state index contributed by atoms with van der Waals surface area (Å²) in [6.45, 7) is 6.26. The SMILES string of the molecule is CCCCN1CC(CO)OC(COCc2ccccc2)C1. The van der Waals surface area contributed by atoms with Gasteiger partial charge in [0.05, 0.1) is 32.0 Å². The fourth-order valence-corrected chi connectivity index (χ4v) is 2.65. The fourth-order valence-electron chi connectivity index (χ4n) is 2.65. The van der Waals surface area contributed by atoms with Crippen LogP contribution in [0.5, 0.6) is 0 Å². The number of hydrogen-bond donors (Lipinski definition) is 1. The summed E-state index contributed by atoms with van der Waals surface area (Å²) in [5.41, 5.74) is 1.18. The standard InChI is InChI=1S/C17H27NO3/c1-2-3-9-18-10-16(12-19)21-17(11-18)14-20-13-15-7-5-4-6-8-15/h4-8,16-17,19H,2-3,9-14H2,1H3. The molecule has 118 valence electrons. The quantitative estimate of drug-likeness (QED) is 0.797. The van der Waals surface area contributed by atoms with Gasteiger partial charge in [0.1, 0.15) is 0 Å². The second kappa shape index (κ2) is 9.15. The molecule has 2 atom stereocenters. The van der Waals surface area contributed by atoms with Crippen LogP contribution in [0, 0.1) is 0 Å². The molecule has 1 aliphatic rings. The molecule has 1 heterocycles. The van der Waals surface area contributed by atoms with Crippen molar-refractivity contribution < 1.29 is 14.6 Å². The Morgan fingerprint density at radius 2 is 2.00 bits per heavy atom. The summed E-state index contributed by atoms with van der Waals surface area (Å²) in [5.74, 6) is 0. The Labute approximate surface area is 127 Å². The number of unbranched alkanes of at least 4 members (excludes halogenated alkanes) is 1. The van der Waals surface area contributed by atoms with Gasteiger partial charge in [-0.2, -0.15) is 0 Å². The third kappa shape index (κ3) is 5.75. The number of ether oxygens (including phenoxy) is 2. The molecule has 1 fully saturated rings. The first-order valence-corrected chi connectivity index (χ1v) is 7.92. The van der Waals surface area contributed by atoms with Crippen LogP contribution in [0.4, 0.5) is 0 Å². The van der Waals surface area contributed by atoms with E-state index in [0.29, 0.717) is 13.2 Å². The van der Waals surface area contributed by atoms with E-state index in [0.717, 1.165) is 19.6 Å². The summed E-state index contributed by atoms with van der Waals surface area (Å²) in [6, 6.07) is 10.2. The molecule has 1 saturated heterocycles. The third-order valence-electron chi connectivity index (χ3n) is 3.76. The predicted octanol–water partition coefficient (Wildman–Crippen LogP) is 2.06. The van der Waals surface area contributed by atoms with E-state index in [-0.39, 0.29) is 18.8 Å². The molecule has 0 spiro atoms. The topological polar surface area (TPSA) is 41.9 Å². The first-order valence-electron chi connectivity index (χ1n) is 7.92. The van der Waals surface area contributed by atoms with Crippen LogP contribution in [0.3, 0.4) is 0 Å². The van der Waals surface area contributed by atoms with Crippen LogP contribution in [0.2, 0.25) is 0 Å². The highest BCUT2D eigenvalue weighted by atomic mass is 16.5. The van der Waals surface area contributed by atoms with Gasteiger partial charge < -0.3 is 14.6 Å². The fraction of sp³-hybridized carbons (Fsp3) is 0.647. The molecule has 2 unspecified atom stereocenters. The molecule has 0 radical (unpaired) electrons. The van der Waals surface area contributed by atoms with Crippen molar-refractivity contribution in [3.63, 3.8) is 0 Å². The number of aliphatic hydroxyl groups is 1. The van der Waals surface area contributed by atoms with E-state index in [2.05, 4.69) is 24.0 Å². The number of aliphatic hydroxyl groups excluding tert-OH is 1. The molecule has 1 N–H and O–H groups in total. The van der Waals surface area contributed by atoms with E-state index in [4.69, 9.17) is 9.47 Å². The van der Waals surface area contributed by atoms with Crippen molar-refractivity contribution in [1.82, 2.24) is 4.90 Å². The molecule has 21 heavy (non-hydrogen) atoms. The van der Waals surface area contributed by atoms with Crippen LogP contribution in [-0.2, 0) is 16.1 Å². The smallest absolute Gasteiger partial charge is 0.0940 e. The minimum atomic E-state index is -0.0825. The van der Waals surface area contributed by atoms with E-state index in [1.807, 2.05) is 18.2 Å². The summed E-state index contributed by atoms with van der Waals surface area (Å²) in [7, 11) is 0. The summed E-state index contributed by atoms with van der Waals surface area (Å²) in [4.78, 5) is 2.38. The molecule has 1 aromatic carbocycles. The zero-order valence-corrected chi connectivity index (χ0v) is 12.9. The molecule has 1 aromatic rings. The average molecular weight is 293 g/mol. The molecule has 4 heteroatoms. The van der Waals surface area contributed by atoms with Crippen LogP contribution in [-0.4, -0.2) is 55.1 Å². The maximum Gasteiger partial charge on any atom is 0.0940 e. The lowest BCUT2D eigenvalue weighted by atomic mass is 10.2. The molecule has 2 rings (SSSR count). The van der Waals surface area contributed by atoms with E-state index < -0.39 is 0 Å². The maximum atomic E-state index is 9.36. The third-order valence-corrected chi connectivity index (χ3v) is 3.76. The summed E-state index contributed by atoms with van der Waals surface area (Å²) < 4.78 is 11.6. The molecule has 4 nitrogen and oxygen atoms in total. The van der Waals surface area contributed by atoms with Gasteiger partial charge in [0.2, 0.25) is 0 Å². The monoisotopic (exact) mass is 293 g/mol. The molecule has 0 bridgehead atoms. The highest BCUT2D eigenvalue weighted by Gasteiger charge is 2.27. The van der Waals surface area contributed by atoms with Crippen molar-refractivity contribution in [3.05, 3.63) is 35.9 Å². The second-order valence-corrected chi connectivity index (χ2v) is 5.68. The van der Waals surface area contributed by atoms with E-state index in [1.54, 1.807) is 0 Å². The van der Waals surface area contributed by atoms with Crippen LogP contribution >= 0.6 is 0 Å². The lowest BCUT2D eigenvalue weighted by Gasteiger charge is -2.37. The van der Waals surface area contributed by atoms with Gasteiger partial charge in [-0.1, -0.05) is 43.7 Å². The van der Waals surface area contributed by atoms with Gasteiger partial charge in [-0.3, -0.25) is 4.90 Å². The number of hydrogen-bond acceptors (Lipinski definition) is 4. The molecule has 1 aliphatic heterocycles. The van der Waals surface area contributed by atoms with Crippen molar-refractivity contribution in [2.45, 2.75) is 38.6 Å². The maximum absolute atomic E-state index is 9.36. The van der Waals surface area contributed by atoms with Crippen molar-refractivity contribution in [3.8, 4) is 0 Å². The second-order valence-electron chi connectivity index (χ2n) is 5.68. The predicted molar refractivity (Wildman–Crippen MR) is 83.2 cm³/mol. The first-order chi connectivity index (χ1) is 10.3. The van der Waals surface area contributed by atoms with Crippen molar-refractivity contribution in [2.75, 3.05) is 32.8 Å². The van der Waals surface area contributed by atoms with Gasteiger partial charge in [-0.05, 0) is 18.5 Å². The molecule has 0 aliphatic carbocycles. The van der Waals surface area contributed by atoms with Gasteiger partial charge >= 0.3 is 0 Å². The minimum Gasteiger partial charge on any atom is -0.394 e. The molecule has 0 aromatic heterocycles. The van der Waals surface area contributed by atoms with Gasteiger partial charge in [-0.15, -0.1) is 0 Å². The Morgan fingerprint density at radius 3 is 2.71 bits per heavy atom. The molecule has 0 amide bonds. The average Bonchev–Trinajstić information content (AvgIpc) is 2.53. The zero-order valence-electron chi connectivity index (χ0n) is 12.9. The highest BCUT2D eigenvalue weighted by Crippen LogP contribution is 2.13. The number of rotatable bonds is 8. The number of nitrogens with zero attached hydrogens (tertiary/aromatic N) is 1. The van der Waals surface area contributed by atoms with Crippen molar-refractivity contribution in [2.24, 2.45) is 0 Å². The van der Waals surface area contributed by atoms with E-state index >= 15 is 0 Å². The van der Waals surface area contributed by atoms with Gasteiger partial charge in [0.15, 0.2) is 0 Å². The van der Waals surface area contributed by atoms with Crippen molar-refractivity contribution >= 4 is 0 Å². The Bertz CT molecular complexity index is 385. The molecule has 0 saturated carbocycles. The Kier molecular flexibility index (Phi) is 7.16. The Balaban J connectivity index is 1.75. The summed E-state index contributed by atoms with van der Waals surface area (Å²) >= 11 is 0. The van der Waals surface area contributed by atoms with E-state index in [1.165, 1.54) is 18.4 Å². The van der Waals surface area contributed by atoms with Gasteiger partial charge in [0, 0.05) is 13.1 Å². The van der Waals surface area contributed by atoms with E-state index in [9.17, 15) is 5.11 Å². The first kappa shape index (κ1) is 16.4. The van der Waals surface area contributed by atoms with Gasteiger partial charge in [-0.25, -0.2) is 0 Å². The molecular weight excluding hydrogens is 266 g/mol. The van der Waals surface area contributed by atoms with Crippen LogP contribution in [0.25, 0.3) is 0 Å². The summed E-state index contributed by atoms with van der Waals surface area (Å²) in [6.07, 6.45) is 2.35. The lowest BCUT2D eigenvalue weighted by molar-refractivity contribution is -0.128.